The molecule has 2 N–H and O–H groups in total. The standard InChI is InChI=1S/C33H44N2O6/c1-21(36)33(39)17-14-27-25-11-10-23-19-24(12-15-31(23,2)26(25)13-16-32(27,33)3)35-41-20-29(37)34-28(30(38)40-4)18-22-8-6-5-7-9-22/h5-9,19,25-28,39H,10-18,20H2,1-4H3,(H,34,37)/t25?,26?,27?,28?,31?,32?,33-/m0/s1. The van der Waals surface area contributed by atoms with Crippen molar-refractivity contribution < 1.29 is 29.1 Å². The molecule has 0 aromatic heterocycles. The van der Waals surface area contributed by atoms with Crippen molar-refractivity contribution in [2.24, 2.45) is 33.7 Å². The fourth-order valence-corrected chi connectivity index (χ4v) is 8.83. The number of methoxy groups -OCH3 is 1. The molecule has 4 aliphatic rings. The van der Waals surface area contributed by atoms with Gasteiger partial charge in [-0.15, -0.1) is 0 Å². The van der Waals surface area contributed by atoms with Gasteiger partial charge in [-0.25, -0.2) is 4.79 Å². The number of amides is 1. The molecule has 0 spiro atoms. The number of nitrogens with one attached hydrogen (secondary N) is 1. The van der Waals surface area contributed by atoms with Crippen molar-refractivity contribution in [1.29, 1.82) is 0 Å². The maximum absolute atomic E-state index is 12.6. The van der Waals surface area contributed by atoms with Gasteiger partial charge in [0, 0.05) is 11.8 Å². The molecule has 0 bridgehead atoms. The molecule has 41 heavy (non-hydrogen) atoms. The molecule has 3 saturated carbocycles. The second-order valence-corrected chi connectivity index (χ2v) is 13.1. The molecule has 222 valence electrons. The highest BCUT2D eigenvalue weighted by atomic mass is 16.6. The Morgan fingerprint density at radius 2 is 1.78 bits per heavy atom. The fraction of sp³-hybridized carbons (Fsp3) is 0.636. The van der Waals surface area contributed by atoms with Gasteiger partial charge in [-0.05, 0) is 93.1 Å². The topological polar surface area (TPSA) is 114 Å². The zero-order valence-electron chi connectivity index (χ0n) is 24.8. The number of ketones is 1. The summed E-state index contributed by atoms with van der Waals surface area (Å²) in [6.07, 6.45) is 9.68. The first-order valence-electron chi connectivity index (χ1n) is 15.1. The Hall–Kier alpha value is -3.00. The molecule has 3 fully saturated rings. The molecular weight excluding hydrogens is 520 g/mol. The zero-order chi connectivity index (χ0) is 29.4. The molecule has 0 aliphatic heterocycles. The SMILES string of the molecule is COC(=O)C(Cc1ccccc1)NC(=O)CON=C1C=C2CCC3C(CCC4(C)C3CC[C@]4(O)C(C)=O)C2(C)CC1. The van der Waals surface area contributed by atoms with E-state index in [0.29, 0.717) is 30.6 Å². The van der Waals surface area contributed by atoms with Crippen molar-refractivity contribution in [3.8, 4) is 0 Å². The summed E-state index contributed by atoms with van der Waals surface area (Å²) in [7, 11) is 1.30. The molecule has 0 saturated heterocycles. The van der Waals surface area contributed by atoms with Gasteiger partial charge in [-0.3, -0.25) is 9.59 Å². The number of rotatable bonds is 8. The number of esters is 1. The summed E-state index contributed by atoms with van der Waals surface area (Å²) in [6, 6.07) is 8.65. The number of oxime groups is 1. The first-order valence-corrected chi connectivity index (χ1v) is 15.1. The van der Waals surface area contributed by atoms with Crippen LogP contribution in [0.5, 0.6) is 0 Å². The van der Waals surface area contributed by atoms with Crippen LogP contribution in [-0.2, 0) is 30.4 Å². The summed E-state index contributed by atoms with van der Waals surface area (Å²) in [5, 5.41) is 18.4. The maximum atomic E-state index is 12.6. The largest absolute Gasteiger partial charge is 0.467 e. The van der Waals surface area contributed by atoms with Gasteiger partial charge in [0.25, 0.3) is 5.91 Å². The molecule has 5 rings (SSSR count). The smallest absolute Gasteiger partial charge is 0.328 e. The lowest BCUT2D eigenvalue weighted by atomic mass is 9.46. The molecule has 7 atom stereocenters. The fourth-order valence-electron chi connectivity index (χ4n) is 8.83. The summed E-state index contributed by atoms with van der Waals surface area (Å²) in [5.74, 6) is 0.409. The molecule has 0 heterocycles. The first-order chi connectivity index (χ1) is 19.5. The minimum absolute atomic E-state index is 0.0722. The van der Waals surface area contributed by atoms with E-state index in [4.69, 9.17) is 9.57 Å². The van der Waals surface area contributed by atoms with Gasteiger partial charge in [-0.1, -0.05) is 54.9 Å². The van der Waals surface area contributed by atoms with Crippen LogP contribution in [0.1, 0.15) is 77.7 Å². The number of Topliss-reactive ketones (excluding diaryl/α,β-unsaturated/α-hetero) is 1. The second-order valence-electron chi connectivity index (χ2n) is 13.1. The van der Waals surface area contributed by atoms with Gasteiger partial charge in [0.15, 0.2) is 12.4 Å². The monoisotopic (exact) mass is 564 g/mol. The number of allylic oxidation sites excluding steroid dienone is 2. The number of hydrogen-bond acceptors (Lipinski definition) is 7. The number of nitrogens with zero attached hydrogens (tertiary/aromatic N) is 1. The van der Waals surface area contributed by atoms with E-state index >= 15 is 0 Å². The molecule has 1 aromatic rings. The lowest BCUT2D eigenvalue weighted by Gasteiger charge is -2.59. The summed E-state index contributed by atoms with van der Waals surface area (Å²) in [4.78, 5) is 42.8. The van der Waals surface area contributed by atoms with Crippen LogP contribution in [0.4, 0.5) is 0 Å². The van der Waals surface area contributed by atoms with E-state index in [1.54, 1.807) is 6.92 Å². The number of aliphatic hydroxyl groups is 1. The molecule has 1 amide bonds. The molecule has 0 radical (unpaired) electrons. The van der Waals surface area contributed by atoms with Crippen molar-refractivity contribution in [1.82, 2.24) is 5.32 Å². The van der Waals surface area contributed by atoms with Crippen molar-refractivity contribution >= 4 is 23.4 Å². The number of carbonyl (C=O) groups is 3. The molecule has 4 aliphatic carbocycles. The average molecular weight is 565 g/mol. The third-order valence-electron chi connectivity index (χ3n) is 11.2. The normalized spacial score (nSPS) is 35.8. The van der Waals surface area contributed by atoms with E-state index in [2.05, 4.69) is 30.4 Å². The van der Waals surface area contributed by atoms with Crippen LogP contribution < -0.4 is 5.32 Å². The molecule has 8 nitrogen and oxygen atoms in total. The highest BCUT2D eigenvalue weighted by molar-refractivity contribution is 5.96. The average Bonchev–Trinajstić information content (AvgIpc) is 3.24. The van der Waals surface area contributed by atoms with Crippen LogP contribution in [-0.4, -0.2) is 53.8 Å². The van der Waals surface area contributed by atoms with Gasteiger partial charge < -0.3 is 20.0 Å². The lowest BCUT2D eigenvalue weighted by Crippen LogP contribution is -2.57. The van der Waals surface area contributed by atoms with Gasteiger partial charge >= 0.3 is 5.97 Å². The van der Waals surface area contributed by atoms with Crippen molar-refractivity contribution in [3.05, 3.63) is 47.5 Å². The highest BCUT2D eigenvalue weighted by Crippen LogP contribution is 2.67. The Bertz CT molecular complexity index is 1240. The summed E-state index contributed by atoms with van der Waals surface area (Å²) in [5.41, 5.74) is 1.71. The van der Waals surface area contributed by atoms with Crippen molar-refractivity contribution in [2.75, 3.05) is 13.7 Å². The number of benzene rings is 1. The summed E-state index contributed by atoms with van der Waals surface area (Å²) in [6.45, 7) is 5.81. The Labute approximate surface area is 242 Å². The third kappa shape index (κ3) is 5.24. The molecular formula is C33H44N2O6. The lowest BCUT2D eigenvalue weighted by molar-refractivity contribution is -0.159. The van der Waals surface area contributed by atoms with Crippen LogP contribution in [0.15, 0.2) is 47.1 Å². The quantitative estimate of drug-likeness (QED) is 0.354. The third-order valence-corrected chi connectivity index (χ3v) is 11.2. The summed E-state index contributed by atoms with van der Waals surface area (Å²) < 4.78 is 4.87. The van der Waals surface area contributed by atoms with E-state index in [1.165, 1.54) is 12.7 Å². The number of carbonyl (C=O) groups excluding carboxylic acids is 3. The van der Waals surface area contributed by atoms with Crippen LogP contribution in [0, 0.1) is 28.6 Å². The van der Waals surface area contributed by atoms with Crippen molar-refractivity contribution in [3.63, 3.8) is 0 Å². The van der Waals surface area contributed by atoms with E-state index in [0.717, 1.165) is 56.2 Å². The predicted molar refractivity (Wildman–Crippen MR) is 155 cm³/mol. The minimum atomic E-state index is -1.19. The first kappa shape index (κ1) is 29.5. The van der Waals surface area contributed by atoms with Crippen LogP contribution >= 0.6 is 0 Å². The van der Waals surface area contributed by atoms with E-state index in [1.807, 2.05) is 30.3 Å². The van der Waals surface area contributed by atoms with E-state index < -0.39 is 23.5 Å². The molecule has 8 heteroatoms. The number of hydrogen-bond donors (Lipinski definition) is 2. The van der Waals surface area contributed by atoms with Gasteiger partial charge in [0.05, 0.1) is 12.8 Å². The maximum Gasteiger partial charge on any atom is 0.328 e. The Balaban J connectivity index is 1.20. The highest BCUT2D eigenvalue weighted by Gasteiger charge is 2.65. The Morgan fingerprint density at radius 3 is 2.49 bits per heavy atom. The Morgan fingerprint density at radius 1 is 1.05 bits per heavy atom. The van der Waals surface area contributed by atoms with E-state index in [9.17, 15) is 19.5 Å². The summed E-state index contributed by atoms with van der Waals surface area (Å²) >= 11 is 0. The van der Waals surface area contributed by atoms with E-state index in [-0.39, 0.29) is 23.2 Å². The van der Waals surface area contributed by atoms with Crippen LogP contribution in [0.25, 0.3) is 0 Å². The van der Waals surface area contributed by atoms with Crippen LogP contribution in [0.2, 0.25) is 0 Å². The van der Waals surface area contributed by atoms with Crippen LogP contribution in [0.3, 0.4) is 0 Å². The zero-order valence-corrected chi connectivity index (χ0v) is 24.8. The molecule has 6 unspecified atom stereocenters. The van der Waals surface area contributed by atoms with Gasteiger partial charge in [-0.2, -0.15) is 0 Å². The van der Waals surface area contributed by atoms with Crippen molar-refractivity contribution in [2.45, 2.75) is 90.2 Å². The van der Waals surface area contributed by atoms with Gasteiger partial charge in [0.2, 0.25) is 0 Å². The predicted octanol–water partition coefficient (Wildman–Crippen LogP) is 4.54. The number of ether oxygens (including phenoxy) is 1. The molecule has 1 aromatic carbocycles. The number of fused-ring (bicyclic) bond motifs is 5. The minimum Gasteiger partial charge on any atom is -0.467 e. The Kier molecular flexibility index (Phi) is 8.16. The second kappa shape index (κ2) is 11.3. The van der Waals surface area contributed by atoms with Gasteiger partial charge in [0.1, 0.15) is 11.6 Å².